The highest BCUT2D eigenvalue weighted by molar-refractivity contribution is 8.01. The van der Waals surface area contributed by atoms with Gasteiger partial charge in [0.25, 0.3) is 0 Å². The minimum absolute atomic E-state index is 0.143. The molecular formula is C10H18N2S. The maximum absolute atomic E-state index is 8.18. The third-order valence-electron chi connectivity index (χ3n) is 3.14. The molecule has 2 saturated heterocycles. The van der Waals surface area contributed by atoms with E-state index in [2.05, 4.69) is 11.8 Å². The number of hydrogen-bond acceptors (Lipinski definition) is 2. The number of amidine groups is 1. The number of likely N-dealkylation sites (tertiary alicyclic amines) is 1. The summed E-state index contributed by atoms with van der Waals surface area (Å²) in [7, 11) is 0. The van der Waals surface area contributed by atoms with Gasteiger partial charge in [-0.15, -0.1) is 11.8 Å². The van der Waals surface area contributed by atoms with Crippen molar-refractivity contribution in [3.63, 3.8) is 0 Å². The molecule has 3 heteroatoms. The molecule has 2 nitrogen and oxygen atoms in total. The number of thioether (sulfide) groups is 1. The number of nitrogens with zero attached hydrogens (tertiary/aromatic N) is 1. The van der Waals surface area contributed by atoms with E-state index < -0.39 is 0 Å². The fourth-order valence-electron chi connectivity index (χ4n) is 2.24. The second-order valence-corrected chi connectivity index (χ2v) is 5.82. The summed E-state index contributed by atoms with van der Waals surface area (Å²) in [5, 5.41) is 8.18. The van der Waals surface area contributed by atoms with Gasteiger partial charge in [0.05, 0.1) is 4.75 Å². The van der Waals surface area contributed by atoms with Crippen LogP contribution in [-0.4, -0.2) is 34.3 Å². The average Bonchev–Trinajstić information content (AvgIpc) is 2.73. The van der Waals surface area contributed by atoms with Gasteiger partial charge in [-0.1, -0.05) is 0 Å². The Hall–Kier alpha value is -0.180. The van der Waals surface area contributed by atoms with Gasteiger partial charge in [0.15, 0.2) is 0 Å². The van der Waals surface area contributed by atoms with Crippen molar-refractivity contribution in [2.24, 2.45) is 0 Å². The smallest absolute Gasteiger partial charge is 0.112 e. The first-order valence-corrected chi connectivity index (χ1v) is 6.19. The molecule has 0 aliphatic carbocycles. The predicted octanol–water partition coefficient (Wildman–Crippen LogP) is 2.35. The lowest BCUT2D eigenvalue weighted by atomic mass is 10.0. The highest BCUT2D eigenvalue weighted by Gasteiger charge is 2.37. The zero-order valence-electron chi connectivity index (χ0n) is 8.31. The van der Waals surface area contributed by atoms with Crippen LogP contribution in [0.15, 0.2) is 0 Å². The summed E-state index contributed by atoms with van der Waals surface area (Å²) in [6.45, 7) is 4.48. The Morgan fingerprint density at radius 3 is 2.54 bits per heavy atom. The van der Waals surface area contributed by atoms with Crippen molar-refractivity contribution >= 4 is 17.6 Å². The Morgan fingerprint density at radius 2 is 2.00 bits per heavy atom. The minimum atomic E-state index is 0.143. The lowest BCUT2D eigenvalue weighted by Gasteiger charge is -2.31. The van der Waals surface area contributed by atoms with E-state index in [1.807, 2.05) is 11.8 Å². The largest absolute Gasteiger partial charge is 0.359 e. The van der Waals surface area contributed by atoms with Crippen molar-refractivity contribution in [2.75, 3.05) is 18.8 Å². The molecule has 2 heterocycles. The lowest BCUT2D eigenvalue weighted by molar-refractivity contribution is 0.483. The molecule has 1 atom stereocenters. The molecule has 0 aromatic rings. The molecule has 2 aliphatic heterocycles. The first-order valence-electron chi connectivity index (χ1n) is 5.20. The fraction of sp³-hybridized carbons (Fsp3) is 0.900. The van der Waals surface area contributed by atoms with E-state index in [0.717, 1.165) is 18.9 Å². The van der Waals surface area contributed by atoms with E-state index in [9.17, 15) is 0 Å². The summed E-state index contributed by atoms with van der Waals surface area (Å²) < 4.78 is 0.143. The normalized spacial score (nSPS) is 34.1. The zero-order valence-corrected chi connectivity index (χ0v) is 9.12. The molecule has 2 fully saturated rings. The van der Waals surface area contributed by atoms with Gasteiger partial charge in [0, 0.05) is 13.1 Å². The zero-order chi connectivity index (χ0) is 9.31. The van der Waals surface area contributed by atoms with Gasteiger partial charge in [-0.05, 0) is 38.4 Å². The van der Waals surface area contributed by atoms with Crippen LogP contribution in [0.25, 0.3) is 0 Å². The second-order valence-electron chi connectivity index (χ2n) is 4.23. The maximum Gasteiger partial charge on any atom is 0.112 e. The molecule has 1 unspecified atom stereocenters. The summed E-state index contributed by atoms with van der Waals surface area (Å²) in [6.07, 6.45) is 5.05. The molecule has 74 valence electrons. The van der Waals surface area contributed by atoms with Crippen molar-refractivity contribution < 1.29 is 0 Å². The number of rotatable bonds is 1. The summed E-state index contributed by atoms with van der Waals surface area (Å²) in [6, 6.07) is 0. The lowest BCUT2D eigenvalue weighted by Crippen LogP contribution is -2.41. The molecule has 2 aliphatic rings. The molecule has 0 bridgehead atoms. The Morgan fingerprint density at radius 1 is 1.31 bits per heavy atom. The van der Waals surface area contributed by atoms with Crippen LogP contribution in [0.1, 0.15) is 32.6 Å². The molecule has 0 aromatic heterocycles. The van der Waals surface area contributed by atoms with Gasteiger partial charge in [0.1, 0.15) is 5.84 Å². The van der Waals surface area contributed by atoms with Crippen LogP contribution in [0.5, 0.6) is 0 Å². The van der Waals surface area contributed by atoms with E-state index in [1.165, 1.54) is 31.4 Å². The fourth-order valence-corrected chi connectivity index (χ4v) is 3.53. The summed E-state index contributed by atoms with van der Waals surface area (Å²) in [5.74, 6) is 2.14. The molecule has 0 amide bonds. The predicted molar refractivity (Wildman–Crippen MR) is 58.6 cm³/mol. The van der Waals surface area contributed by atoms with Gasteiger partial charge < -0.3 is 4.90 Å². The Labute approximate surface area is 84.6 Å². The third kappa shape index (κ3) is 1.71. The van der Waals surface area contributed by atoms with Gasteiger partial charge >= 0.3 is 0 Å². The van der Waals surface area contributed by atoms with Crippen molar-refractivity contribution in [1.29, 1.82) is 5.41 Å². The van der Waals surface area contributed by atoms with Crippen molar-refractivity contribution in [3.8, 4) is 0 Å². The van der Waals surface area contributed by atoms with Crippen LogP contribution < -0.4 is 0 Å². The summed E-state index contributed by atoms with van der Waals surface area (Å²) in [4.78, 5) is 2.28. The average molecular weight is 198 g/mol. The maximum atomic E-state index is 8.18. The molecule has 0 radical (unpaired) electrons. The summed E-state index contributed by atoms with van der Waals surface area (Å²) in [5.41, 5.74) is 0. The van der Waals surface area contributed by atoms with Crippen LogP contribution in [0.2, 0.25) is 0 Å². The highest BCUT2D eigenvalue weighted by atomic mass is 32.2. The molecule has 0 saturated carbocycles. The Kier molecular flexibility index (Phi) is 2.54. The van der Waals surface area contributed by atoms with Crippen LogP contribution in [0.3, 0.4) is 0 Å². The van der Waals surface area contributed by atoms with E-state index >= 15 is 0 Å². The first-order chi connectivity index (χ1) is 6.22. The SMILES string of the molecule is CC1(C(=N)N2CCCC2)CCCS1. The van der Waals surface area contributed by atoms with Crippen LogP contribution in [0.4, 0.5) is 0 Å². The van der Waals surface area contributed by atoms with Gasteiger partial charge in [-0.3, -0.25) is 5.41 Å². The van der Waals surface area contributed by atoms with E-state index in [-0.39, 0.29) is 4.75 Å². The number of nitrogens with one attached hydrogen (secondary N) is 1. The second kappa shape index (κ2) is 3.52. The van der Waals surface area contributed by atoms with Gasteiger partial charge in [-0.25, -0.2) is 0 Å². The Bertz CT molecular complexity index is 203. The number of hydrogen-bond donors (Lipinski definition) is 1. The standard InChI is InChI=1S/C10H18N2S/c1-10(5-4-8-13-10)9(11)12-6-2-3-7-12/h11H,2-8H2,1H3. The molecule has 1 N–H and O–H groups in total. The van der Waals surface area contributed by atoms with E-state index in [1.54, 1.807) is 0 Å². The molecular weight excluding hydrogens is 180 g/mol. The van der Waals surface area contributed by atoms with Crippen molar-refractivity contribution in [3.05, 3.63) is 0 Å². The molecule has 0 aromatic carbocycles. The third-order valence-corrected chi connectivity index (χ3v) is 4.67. The topological polar surface area (TPSA) is 27.1 Å². The van der Waals surface area contributed by atoms with Crippen molar-refractivity contribution in [1.82, 2.24) is 4.90 Å². The van der Waals surface area contributed by atoms with E-state index in [4.69, 9.17) is 5.41 Å². The van der Waals surface area contributed by atoms with Gasteiger partial charge in [0.2, 0.25) is 0 Å². The van der Waals surface area contributed by atoms with Crippen LogP contribution in [0, 0.1) is 5.41 Å². The highest BCUT2D eigenvalue weighted by Crippen LogP contribution is 2.39. The summed E-state index contributed by atoms with van der Waals surface area (Å²) >= 11 is 1.97. The van der Waals surface area contributed by atoms with Crippen molar-refractivity contribution in [2.45, 2.75) is 37.4 Å². The van der Waals surface area contributed by atoms with Crippen LogP contribution in [-0.2, 0) is 0 Å². The van der Waals surface area contributed by atoms with E-state index in [0.29, 0.717) is 0 Å². The first kappa shape index (κ1) is 9.38. The molecule has 0 spiro atoms. The molecule has 13 heavy (non-hydrogen) atoms. The quantitative estimate of drug-likeness (QED) is 0.517. The van der Waals surface area contributed by atoms with Gasteiger partial charge in [-0.2, -0.15) is 0 Å². The monoisotopic (exact) mass is 198 g/mol. The minimum Gasteiger partial charge on any atom is -0.359 e. The molecule has 2 rings (SSSR count). The van der Waals surface area contributed by atoms with Crippen LogP contribution >= 0.6 is 11.8 Å². The Balaban J connectivity index is 2.02.